The van der Waals surface area contributed by atoms with Crippen LogP contribution in [0.4, 0.5) is 0 Å². The smallest absolute Gasteiger partial charge is 0.0701 e. The van der Waals surface area contributed by atoms with Crippen LogP contribution in [0.2, 0.25) is 0 Å². The molecule has 13 heavy (non-hydrogen) atoms. The van der Waals surface area contributed by atoms with Crippen LogP contribution in [0.15, 0.2) is 25.3 Å². The molecule has 0 aromatic carbocycles. The molecule has 0 spiro atoms. The summed E-state index contributed by atoms with van der Waals surface area (Å²) in [5.41, 5.74) is 0. The average Bonchev–Trinajstić information content (AvgIpc) is 2.16. The van der Waals surface area contributed by atoms with Crippen molar-refractivity contribution in [2.45, 2.75) is 23.3 Å². The number of rotatable bonds is 6. The van der Waals surface area contributed by atoms with E-state index in [-0.39, 0.29) is 10.5 Å². The van der Waals surface area contributed by atoms with Crippen molar-refractivity contribution in [3.05, 3.63) is 25.3 Å². The summed E-state index contributed by atoms with van der Waals surface area (Å²) in [6.07, 6.45) is 15.9. The Morgan fingerprint density at radius 3 is 1.69 bits per heavy atom. The molecular weight excluding hydrogens is 176 g/mol. The van der Waals surface area contributed by atoms with Gasteiger partial charge < -0.3 is 0 Å². The normalized spacial score (nSPS) is 13.4. The fourth-order valence-electron chi connectivity index (χ4n) is 0.827. The maximum atomic E-state index is 5.34. The summed E-state index contributed by atoms with van der Waals surface area (Å²) in [6, 6.07) is 0. The first-order chi connectivity index (χ1) is 6.28. The highest BCUT2D eigenvalue weighted by Gasteiger charge is 2.10. The van der Waals surface area contributed by atoms with E-state index in [0.29, 0.717) is 0 Å². The van der Waals surface area contributed by atoms with Gasteiger partial charge in [-0.25, -0.2) is 0 Å². The van der Waals surface area contributed by atoms with Crippen molar-refractivity contribution >= 4 is 11.8 Å². The van der Waals surface area contributed by atoms with Gasteiger partial charge in [0, 0.05) is 0 Å². The summed E-state index contributed by atoms with van der Waals surface area (Å²) < 4.78 is 0. The number of thioether (sulfide) groups is 1. The Morgan fingerprint density at radius 2 is 1.46 bits per heavy atom. The first kappa shape index (κ1) is 11.9. The zero-order chi connectivity index (χ0) is 10.1. The maximum Gasteiger partial charge on any atom is 0.0701 e. The Bertz CT molecular complexity index is 213. The summed E-state index contributed by atoms with van der Waals surface area (Å²) in [5, 5.41) is 0.275. The molecule has 0 nitrogen and oxygen atoms in total. The Labute approximate surface area is 85.5 Å². The van der Waals surface area contributed by atoms with Crippen LogP contribution in [0.3, 0.4) is 0 Å². The molecule has 0 rings (SSSR count). The van der Waals surface area contributed by atoms with Gasteiger partial charge in [0.15, 0.2) is 0 Å². The van der Waals surface area contributed by atoms with Gasteiger partial charge in [0.1, 0.15) is 0 Å². The predicted molar refractivity (Wildman–Crippen MR) is 62.5 cm³/mol. The van der Waals surface area contributed by atoms with E-state index in [4.69, 9.17) is 12.8 Å². The highest BCUT2D eigenvalue weighted by molar-refractivity contribution is 8.01. The molecule has 0 aromatic rings. The van der Waals surface area contributed by atoms with Crippen molar-refractivity contribution in [3.63, 3.8) is 0 Å². The van der Waals surface area contributed by atoms with Crippen molar-refractivity contribution in [2.24, 2.45) is 0 Å². The van der Waals surface area contributed by atoms with E-state index in [1.807, 2.05) is 12.2 Å². The van der Waals surface area contributed by atoms with Gasteiger partial charge in [0.25, 0.3) is 0 Å². The third-order valence-corrected chi connectivity index (χ3v) is 2.78. The average molecular weight is 190 g/mol. The van der Waals surface area contributed by atoms with E-state index in [9.17, 15) is 0 Å². The van der Waals surface area contributed by atoms with Gasteiger partial charge in [-0.3, -0.25) is 0 Å². The summed E-state index contributed by atoms with van der Waals surface area (Å²) >= 11 is 1.62. The molecule has 0 fully saturated rings. The highest BCUT2D eigenvalue weighted by Crippen LogP contribution is 2.22. The van der Waals surface area contributed by atoms with Crippen LogP contribution in [0.1, 0.15) is 12.8 Å². The fourth-order valence-corrected chi connectivity index (χ4v) is 1.87. The molecule has 0 aliphatic rings. The lowest BCUT2D eigenvalue weighted by molar-refractivity contribution is 1.06. The molecule has 0 saturated carbocycles. The maximum absolute atomic E-state index is 5.34. The standard InChI is InChI=1S/C12H14S/c1-5-9-11(7-3)13-12(8-4)10-6-2/h3-6,11-12H,1-2,9-10H2. The molecule has 0 heterocycles. The largest absolute Gasteiger partial charge is 0.128 e. The molecule has 1 heteroatoms. The van der Waals surface area contributed by atoms with Gasteiger partial charge in [-0.05, 0) is 12.8 Å². The molecule has 0 bridgehead atoms. The lowest BCUT2D eigenvalue weighted by Gasteiger charge is -2.12. The molecule has 2 unspecified atom stereocenters. The molecule has 0 aliphatic carbocycles. The third-order valence-electron chi connectivity index (χ3n) is 1.46. The van der Waals surface area contributed by atoms with E-state index in [1.165, 1.54) is 0 Å². The Hall–Kier alpha value is -1.05. The van der Waals surface area contributed by atoms with E-state index >= 15 is 0 Å². The third kappa shape index (κ3) is 5.23. The monoisotopic (exact) mass is 190 g/mol. The zero-order valence-electron chi connectivity index (χ0n) is 7.70. The van der Waals surface area contributed by atoms with Crippen LogP contribution in [-0.2, 0) is 0 Å². The molecule has 0 N–H and O–H groups in total. The van der Waals surface area contributed by atoms with E-state index in [2.05, 4.69) is 25.0 Å². The number of hydrogen-bond acceptors (Lipinski definition) is 1. The van der Waals surface area contributed by atoms with Crippen molar-refractivity contribution in [1.29, 1.82) is 0 Å². The quantitative estimate of drug-likeness (QED) is 0.458. The van der Waals surface area contributed by atoms with Crippen molar-refractivity contribution in [2.75, 3.05) is 0 Å². The number of terminal acetylenes is 2. The van der Waals surface area contributed by atoms with Crippen molar-refractivity contribution in [1.82, 2.24) is 0 Å². The molecule has 0 amide bonds. The fraction of sp³-hybridized carbons (Fsp3) is 0.333. The minimum atomic E-state index is 0.137. The second-order valence-corrected chi connectivity index (χ2v) is 3.91. The molecule has 0 radical (unpaired) electrons. The highest BCUT2D eigenvalue weighted by atomic mass is 32.2. The van der Waals surface area contributed by atoms with Gasteiger partial charge in [0.2, 0.25) is 0 Å². The van der Waals surface area contributed by atoms with Crippen molar-refractivity contribution < 1.29 is 0 Å². The first-order valence-electron chi connectivity index (χ1n) is 4.08. The zero-order valence-corrected chi connectivity index (χ0v) is 8.52. The summed E-state index contributed by atoms with van der Waals surface area (Å²) in [5.74, 6) is 5.38. The minimum Gasteiger partial charge on any atom is -0.128 e. The van der Waals surface area contributed by atoms with E-state index in [1.54, 1.807) is 11.8 Å². The molecule has 0 aliphatic heterocycles. The summed E-state index contributed by atoms with van der Waals surface area (Å²) in [4.78, 5) is 0. The van der Waals surface area contributed by atoms with Crippen LogP contribution < -0.4 is 0 Å². The van der Waals surface area contributed by atoms with Crippen LogP contribution in [-0.4, -0.2) is 10.5 Å². The van der Waals surface area contributed by atoms with Crippen LogP contribution >= 0.6 is 11.8 Å². The first-order valence-corrected chi connectivity index (χ1v) is 5.02. The lowest BCUT2D eigenvalue weighted by Crippen LogP contribution is -2.06. The summed E-state index contributed by atoms with van der Waals surface area (Å²) in [6.45, 7) is 7.29. The number of allylic oxidation sites excluding steroid dienone is 2. The predicted octanol–water partition coefficient (Wildman–Crippen LogP) is 2.88. The molecule has 68 valence electrons. The Balaban J connectivity index is 4.05. The molecule has 2 atom stereocenters. The Morgan fingerprint density at radius 1 is 1.08 bits per heavy atom. The molecule has 0 aromatic heterocycles. The van der Waals surface area contributed by atoms with Gasteiger partial charge in [-0.1, -0.05) is 24.0 Å². The van der Waals surface area contributed by atoms with Gasteiger partial charge >= 0.3 is 0 Å². The topological polar surface area (TPSA) is 0 Å². The van der Waals surface area contributed by atoms with Crippen LogP contribution in [0, 0.1) is 24.7 Å². The second-order valence-electron chi connectivity index (χ2n) is 2.50. The summed E-state index contributed by atoms with van der Waals surface area (Å²) in [7, 11) is 0. The van der Waals surface area contributed by atoms with Gasteiger partial charge in [0.05, 0.1) is 10.5 Å². The van der Waals surface area contributed by atoms with E-state index in [0.717, 1.165) is 12.8 Å². The minimum absolute atomic E-state index is 0.137. The molecule has 0 saturated heterocycles. The van der Waals surface area contributed by atoms with Gasteiger partial charge in [-0.2, -0.15) is 0 Å². The van der Waals surface area contributed by atoms with Crippen molar-refractivity contribution in [3.8, 4) is 24.7 Å². The van der Waals surface area contributed by atoms with Gasteiger partial charge in [-0.15, -0.1) is 37.8 Å². The SMILES string of the molecule is C#CC(CC=C)SC(C#C)CC=C. The van der Waals surface area contributed by atoms with Crippen LogP contribution in [0.25, 0.3) is 0 Å². The van der Waals surface area contributed by atoms with E-state index < -0.39 is 0 Å². The lowest BCUT2D eigenvalue weighted by atomic mass is 10.3. The second kappa shape index (κ2) is 7.59. The Kier molecular flexibility index (Phi) is 6.98. The van der Waals surface area contributed by atoms with Crippen LogP contribution in [0.5, 0.6) is 0 Å². The molecular formula is C12H14S. The number of hydrogen-bond donors (Lipinski definition) is 0.